The first kappa shape index (κ1) is 13.6. The van der Waals surface area contributed by atoms with Crippen LogP contribution in [0.5, 0.6) is 0 Å². The second-order valence-electron chi connectivity index (χ2n) is 5.52. The molecular weight excluding hydrogens is 242 g/mol. The standard InChI is InChI=1S/C14H23N3S/c1-11(2)9-15-5-4-12(3)8-13-10-17-6-7-18-14(17)16-13/h6-7,10-12,15H,4-5,8-9H2,1-3H3. The zero-order valence-corrected chi connectivity index (χ0v) is 12.3. The number of nitrogens with zero attached hydrogens (tertiary/aromatic N) is 2. The monoisotopic (exact) mass is 265 g/mol. The van der Waals surface area contributed by atoms with Crippen molar-refractivity contribution in [1.29, 1.82) is 0 Å². The minimum absolute atomic E-state index is 0.689. The number of aromatic nitrogens is 2. The predicted molar refractivity (Wildman–Crippen MR) is 78.3 cm³/mol. The van der Waals surface area contributed by atoms with Crippen LogP contribution in [0.25, 0.3) is 4.96 Å². The van der Waals surface area contributed by atoms with Crippen LogP contribution >= 0.6 is 11.3 Å². The van der Waals surface area contributed by atoms with Gasteiger partial charge >= 0.3 is 0 Å². The summed E-state index contributed by atoms with van der Waals surface area (Å²) in [6.45, 7) is 9.03. The lowest BCUT2D eigenvalue weighted by molar-refractivity contribution is 0.472. The summed E-state index contributed by atoms with van der Waals surface area (Å²) in [5, 5.41) is 5.57. The lowest BCUT2D eigenvalue weighted by atomic mass is 10.0. The Bertz CT molecular complexity index is 444. The number of rotatable bonds is 7. The Balaban J connectivity index is 1.73. The van der Waals surface area contributed by atoms with E-state index in [4.69, 9.17) is 0 Å². The van der Waals surface area contributed by atoms with Crippen LogP contribution in [-0.2, 0) is 6.42 Å². The maximum Gasteiger partial charge on any atom is 0.193 e. The predicted octanol–water partition coefficient (Wildman–Crippen LogP) is 3.21. The lowest BCUT2D eigenvalue weighted by Crippen LogP contribution is -2.22. The maximum atomic E-state index is 4.63. The topological polar surface area (TPSA) is 29.3 Å². The molecule has 2 aromatic heterocycles. The number of thiazole rings is 1. The molecule has 2 heterocycles. The number of fused-ring (bicyclic) bond motifs is 1. The van der Waals surface area contributed by atoms with Crippen LogP contribution < -0.4 is 5.32 Å². The van der Waals surface area contributed by atoms with Crippen molar-refractivity contribution < 1.29 is 0 Å². The van der Waals surface area contributed by atoms with E-state index in [1.807, 2.05) is 0 Å². The second-order valence-corrected chi connectivity index (χ2v) is 6.39. The third-order valence-electron chi connectivity index (χ3n) is 3.07. The minimum Gasteiger partial charge on any atom is -0.316 e. The highest BCUT2D eigenvalue weighted by atomic mass is 32.1. The van der Waals surface area contributed by atoms with Crippen molar-refractivity contribution in [3.8, 4) is 0 Å². The van der Waals surface area contributed by atoms with E-state index >= 15 is 0 Å². The van der Waals surface area contributed by atoms with E-state index in [0.29, 0.717) is 5.92 Å². The molecule has 0 aliphatic carbocycles. The van der Waals surface area contributed by atoms with E-state index < -0.39 is 0 Å². The smallest absolute Gasteiger partial charge is 0.193 e. The van der Waals surface area contributed by atoms with Crippen molar-refractivity contribution in [3.05, 3.63) is 23.5 Å². The van der Waals surface area contributed by atoms with Crippen molar-refractivity contribution in [1.82, 2.24) is 14.7 Å². The molecule has 1 unspecified atom stereocenters. The van der Waals surface area contributed by atoms with Crippen LogP contribution in [-0.4, -0.2) is 22.5 Å². The van der Waals surface area contributed by atoms with Gasteiger partial charge in [-0.05, 0) is 37.8 Å². The van der Waals surface area contributed by atoms with Gasteiger partial charge in [-0.2, -0.15) is 0 Å². The van der Waals surface area contributed by atoms with Gasteiger partial charge in [0, 0.05) is 17.8 Å². The quantitative estimate of drug-likeness (QED) is 0.779. The van der Waals surface area contributed by atoms with Crippen LogP contribution in [0.1, 0.15) is 32.9 Å². The lowest BCUT2D eigenvalue weighted by Gasteiger charge is -2.11. The number of nitrogens with one attached hydrogen (secondary N) is 1. The van der Waals surface area contributed by atoms with Gasteiger partial charge in [0.2, 0.25) is 0 Å². The van der Waals surface area contributed by atoms with Gasteiger partial charge in [-0.3, -0.25) is 4.40 Å². The molecule has 2 aromatic rings. The largest absolute Gasteiger partial charge is 0.316 e. The molecule has 0 aliphatic rings. The van der Waals surface area contributed by atoms with Crippen molar-refractivity contribution in [2.45, 2.75) is 33.6 Å². The molecular formula is C14H23N3S. The van der Waals surface area contributed by atoms with Gasteiger partial charge < -0.3 is 5.32 Å². The highest BCUT2D eigenvalue weighted by Crippen LogP contribution is 2.15. The Morgan fingerprint density at radius 1 is 1.39 bits per heavy atom. The fourth-order valence-electron chi connectivity index (χ4n) is 2.07. The molecule has 1 N–H and O–H groups in total. The SMILES string of the molecule is CC(C)CNCCC(C)Cc1cn2ccsc2n1. The Morgan fingerprint density at radius 2 is 2.22 bits per heavy atom. The molecule has 0 aliphatic heterocycles. The summed E-state index contributed by atoms with van der Waals surface area (Å²) in [7, 11) is 0. The molecule has 100 valence electrons. The maximum absolute atomic E-state index is 4.63. The Kier molecular flexibility index (Phi) is 4.78. The van der Waals surface area contributed by atoms with E-state index in [1.54, 1.807) is 11.3 Å². The third kappa shape index (κ3) is 3.82. The van der Waals surface area contributed by atoms with E-state index in [2.05, 4.69) is 53.2 Å². The molecule has 0 fully saturated rings. The molecule has 0 bridgehead atoms. The highest BCUT2D eigenvalue weighted by molar-refractivity contribution is 7.15. The molecule has 0 spiro atoms. The number of imidazole rings is 1. The fourth-order valence-corrected chi connectivity index (χ4v) is 2.79. The van der Waals surface area contributed by atoms with Crippen molar-refractivity contribution >= 4 is 16.3 Å². The molecule has 1 atom stereocenters. The molecule has 0 radical (unpaired) electrons. The van der Waals surface area contributed by atoms with Crippen molar-refractivity contribution in [3.63, 3.8) is 0 Å². The van der Waals surface area contributed by atoms with E-state index in [1.165, 1.54) is 12.1 Å². The first-order valence-electron chi connectivity index (χ1n) is 6.77. The summed E-state index contributed by atoms with van der Waals surface area (Å²) in [6, 6.07) is 0. The van der Waals surface area contributed by atoms with Crippen LogP contribution in [0.15, 0.2) is 17.8 Å². The normalized spacial score (nSPS) is 13.6. The van der Waals surface area contributed by atoms with Gasteiger partial charge in [-0.15, -0.1) is 11.3 Å². The molecule has 0 amide bonds. The first-order valence-corrected chi connectivity index (χ1v) is 7.65. The minimum atomic E-state index is 0.689. The summed E-state index contributed by atoms with van der Waals surface area (Å²) in [4.78, 5) is 5.74. The zero-order valence-electron chi connectivity index (χ0n) is 11.5. The average Bonchev–Trinajstić information content (AvgIpc) is 2.84. The first-order chi connectivity index (χ1) is 8.65. The Morgan fingerprint density at radius 3 is 2.94 bits per heavy atom. The van der Waals surface area contributed by atoms with E-state index in [-0.39, 0.29) is 0 Å². The zero-order chi connectivity index (χ0) is 13.0. The number of hydrogen-bond acceptors (Lipinski definition) is 3. The third-order valence-corrected chi connectivity index (χ3v) is 3.84. The van der Waals surface area contributed by atoms with Crippen LogP contribution in [0, 0.1) is 11.8 Å². The van der Waals surface area contributed by atoms with Gasteiger partial charge in [0.05, 0.1) is 5.69 Å². The summed E-state index contributed by atoms with van der Waals surface area (Å²) in [6.07, 6.45) is 6.53. The molecule has 4 heteroatoms. The summed E-state index contributed by atoms with van der Waals surface area (Å²) in [5.41, 5.74) is 1.22. The fraction of sp³-hybridized carbons (Fsp3) is 0.643. The molecule has 0 saturated carbocycles. The average molecular weight is 265 g/mol. The van der Waals surface area contributed by atoms with Gasteiger partial charge in [-0.1, -0.05) is 20.8 Å². The van der Waals surface area contributed by atoms with Gasteiger partial charge in [0.1, 0.15) is 0 Å². The van der Waals surface area contributed by atoms with Crippen molar-refractivity contribution in [2.24, 2.45) is 11.8 Å². The molecule has 18 heavy (non-hydrogen) atoms. The summed E-state index contributed by atoms with van der Waals surface area (Å²) in [5.74, 6) is 1.43. The van der Waals surface area contributed by atoms with Crippen LogP contribution in [0.4, 0.5) is 0 Å². The van der Waals surface area contributed by atoms with E-state index in [0.717, 1.165) is 30.4 Å². The van der Waals surface area contributed by atoms with E-state index in [9.17, 15) is 0 Å². The van der Waals surface area contributed by atoms with Crippen molar-refractivity contribution in [2.75, 3.05) is 13.1 Å². The van der Waals surface area contributed by atoms with Crippen LogP contribution in [0.2, 0.25) is 0 Å². The second kappa shape index (κ2) is 6.34. The molecule has 0 aromatic carbocycles. The summed E-state index contributed by atoms with van der Waals surface area (Å²) >= 11 is 1.70. The Hall–Kier alpha value is -0.870. The molecule has 0 saturated heterocycles. The van der Waals surface area contributed by atoms with Gasteiger partial charge in [0.15, 0.2) is 4.96 Å². The molecule has 3 nitrogen and oxygen atoms in total. The van der Waals surface area contributed by atoms with Gasteiger partial charge in [0.25, 0.3) is 0 Å². The number of hydrogen-bond donors (Lipinski definition) is 1. The highest BCUT2D eigenvalue weighted by Gasteiger charge is 2.08. The van der Waals surface area contributed by atoms with Gasteiger partial charge in [-0.25, -0.2) is 4.98 Å². The molecule has 2 rings (SSSR count). The van der Waals surface area contributed by atoms with Crippen LogP contribution in [0.3, 0.4) is 0 Å². The summed E-state index contributed by atoms with van der Waals surface area (Å²) < 4.78 is 2.11. The Labute approximate surface area is 113 Å².